The van der Waals surface area contributed by atoms with Gasteiger partial charge in [-0.3, -0.25) is 4.98 Å². The summed E-state index contributed by atoms with van der Waals surface area (Å²) >= 11 is 0. The minimum absolute atomic E-state index is 0.351. The predicted molar refractivity (Wildman–Crippen MR) is 91.6 cm³/mol. The Morgan fingerprint density at radius 2 is 2.08 bits per heavy atom. The lowest BCUT2D eigenvalue weighted by Crippen LogP contribution is -2.07. The zero-order chi connectivity index (χ0) is 16.5. The molecule has 1 aromatic carbocycles. The van der Waals surface area contributed by atoms with Gasteiger partial charge in [-0.2, -0.15) is 0 Å². The maximum atomic E-state index is 5.43. The molecule has 6 heteroatoms. The third-order valence-corrected chi connectivity index (χ3v) is 4.36. The van der Waals surface area contributed by atoms with Crippen molar-refractivity contribution in [3.63, 3.8) is 0 Å². The van der Waals surface area contributed by atoms with Gasteiger partial charge >= 0.3 is 0 Å². The van der Waals surface area contributed by atoms with Crippen LogP contribution in [0.5, 0.6) is 11.5 Å². The Morgan fingerprint density at radius 1 is 1.17 bits per heavy atom. The maximum absolute atomic E-state index is 5.43. The zero-order valence-corrected chi connectivity index (χ0v) is 13.6. The number of pyridine rings is 1. The topological polar surface area (TPSA) is 69.2 Å². The van der Waals surface area contributed by atoms with E-state index in [2.05, 4.69) is 26.3 Å². The fourth-order valence-electron chi connectivity index (χ4n) is 2.99. The fraction of sp³-hybridized carbons (Fsp3) is 0.278. The monoisotopic (exact) mass is 322 g/mol. The quantitative estimate of drug-likeness (QED) is 0.779. The molecule has 1 N–H and O–H groups in total. The molecule has 1 fully saturated rings. The number of benzene rings is 1. The van der Waals surface area contributed by atoms with Crippen LogP contribution in [-0.2, 0) is 0 Å². The first kappa shape index (κ1) is 14.7. The number of aromatic nitrogens is 3. The summed E-state index contributed by atoms with van der Waals surface area (Å²) in [5, 5.41) is 4.41. The summed E-state index contributed by atoms with van der Waals surface area (Å²) in [6.45, 7) is 0. The Kier molecular flexibility index (Phi) is 3.65. The number of anilines is 1. The van der Waals surface area contributed by atoms with E-state index >= 15 is 0 Å². The second kappa shape index (κ2) is 5.96. The van der Waals surface area contributed by atoms with E-state index in [1.165, 1.54) is 5.56 Å². The van der Waals surface area contributed by atoms with Gasteiger partial charge in [-0.05, 0) is 24.1 Å². The highest BCUT2D eigenvalue weighted by Crippen LogP contribution is 2.43. The van der Waals surface area contributed by atoms with Crippen LogP contribution in [0.4, 0.5) is 5.82 Å². The van der Waals surface area contributed by atoms with Crippen molar-refractivity contribution in [3.05, 3.63) is 48.5 Å². The molecule has 2 heterocycles. The molecule has 0 aliphatic heterocycles. The van der Waals surface area contributed by atoms with Gasteiger partial charge in [-0.1, -0.05) is 6.07 Å². The van der Waals surface area contributed by atoms with Gasteiger partial charge < -0.3 is 14.8 Å². The first-order valence-electron chi connectivity index (χ1n) is 7.83. The Balaban J connectivity index is 1.65. The molecule has 1 saturated carbocycles. The summed E-state index contributed by atoms with van der Waals surface area (Å²) in [6, 6.07) is 8.20. The Bertz CT molecular complexity index is 870. The van der Waals surface area contributed by atoms with Crippen molar-refractivity contribution in [2.45, 2.75) is 18.4 Å². The molecule has 1 aliphatic rings. The summed E-state index contributed by atoms with van der Waals surface area (Å²) < 4.78 is 10.8. The third-order valence-electron chi connectivity index (χ3n) is 4.36. The lowest BCUT2D eigenvalue weighted by atomic mass is 10.2. The normalized spacial score (nSPS) is 19.1. The lowest BCUT2D eigenvalue weighted by Gasteiger charge is -2.12. The molecule has 1 aliphatic carbocycles. The van der Waals surface area contributed by atoms with Crippen molar-refractivity contribution in [1.82, 2.24) is 15.0 Å². The van der Waals surface area contributed by atoms with Gasteiger partial charge in [0.25, 0.3) is 0 Å². The SMILES string of the molecule is COc1cc(OC)c2ncnc(N[C@H]3C[C@@H]3c3cccnc3)c2c1. The van der Waals surface area contributed by atoms with E-state index in [0.29, 0.717) is 17.7 Å². The molecule has 24 heavy (non-hydrogen) atoms. The van der Waals surface area contributed by atoms with E-state index in [-0.39, 0.29) is 0 Å². The molecular formula is C18H18N4O2. The number of nitrogens with one attached hydrogen (secondary N) is 1. The zero-order valence-electron chi connectivity index (χ0n) is 13.6. The van der Waals surface area contributed by atoms with Crippen molar-refractivity contribution < 1.29 is 9.47 Å². The highest BCUT2D eigenvalue weighted by Gasteiger charge is 2.39. The average Bonchev–Trinajstić information content (AvgIpc) is 3.41. The van der Waals surface area contributed by atoms with Crippen molar-refractivity contribution in [2.24, 2.45) is 0 Å². The predicted octanol–water partition coefficient (Wildman–Crippen LogP) is 3.01. The molecule has 0 unspecified atom stereocenters. The largest absolute Gasteiger partial charge is 0.497 e. The molecule has 4 rings (SSSR count). The van der Waals surface area contributed by atoms with Gasteiger partial charge in [0.05, 0.1) is 19.6 Å². The summed E-state index contributed by atoms with van der Waals surface area (Å²) in [6.07, 6.45) is 6.35. The first-order valence-corrected chi connectivity index (χ1v) is 7.83. The molecule has 2 atom stereocenters. The number of hydrogen-bond donors (Lipinski definition) is 1. The van der Waals surface area contributed by atoms with Crippen LogP contribution in [0.15, 0.2) is 43.0 Å². The third kappa shape index (κ3) is 2.60. The van der Waals surface area contributed by atoms with Crippen molar-refractivity contribution >= 4 is 16.7 Å². The van der Waals surface area contributed by atoms with Crippen LogP contribution in [0.2, 0.25) is 0 Å². The fourth-order valence-corrected chi connectivity index (χ4v) is 2.99. The molecule has 6 nitrogen and oxygen atoms in total. The smallest absolute Gasteiger partial charge is 0.148 e. The van der Waals surface area contributed by atoms with Crippen molar-refractivity contribution in [3.8, 4) is 11.5 Å². The number of rotatable bonds is 5. The van der Waals surface area contributed by atoms with Gasteiger partial charge in [0, 0.05) is 30.4 Å². The lowest BCUT2D eigenvalue weighted by molar-refractivity contribution is 0.397. The Morgan fingerprint density at radius 3 is 2.83 bits per heavy atom. The minimum Gasteiger partial charge on any atom is -0.497 e. The van der Waals surface area contributed by atoms with Gasteiger partial charge in [-0.15, -0.1) is 0 Å². The van der Waals surface area contributed by atoms with Gasteiger partial charge in [0.1, 0.15) is 29.2 Å². The number of hydrogen-bond acceptors (Lipinski definition) is 6. The summed E-state index contributed by atoms with van der Waals surface area (Å²) in [7, 11) is 3.26. The van der Waals surface area contributed by atoms with Crippen LogP contribution in [0.3, 0.4) is 0 Å². The molecule has 0 amide bonds. The average molecular weight is 322 g/mol. The molecule has 0 saturated heterocycles. The Labute approximate surface area is 139 Å². The van der Waals surface area contributed by atoms with Crippen LogP contribution in [0.1, 0.15) is 17.9 Å². The maximum Gasteiger partial charge on any atom is 0.148 e. The van der Waals surface area contributed by atoms with Crippen LogP contribution in [0.25, 0.3) is 10.9 Å². The second-order valence-electron chi connectivity index (χ2n) is 5.83. The standard InChI is InChI=1S/C18H18N4O2/c1-23-12-6-14-17(16(7-12)24-2)20-10-21-18(14)22-15-8-13(15)11-4-3-5-19-9-11/h3-7,9-10,13,15H,8H2,1-2H3,(H,20,21,22)/t13-,15+/m1/s1. The van der Waals surface area contributed by atoms with E-state index in [1.54, 1.807) is 26.7 Å². The molecule has 2 aromatic heterocycles. The van der Waals surface area contributed by atoms with Gasteiger partial charge in [0.15, 0.2) is 0 Å². The van der Waals surface area contributed by atoms with E-state index in [9.17, 15) is 0 Å². The number of fused-ring (bicyclic) bond motifs is 1. The summed E-state index contributed by atoms with van der Waals surface area (Å²) in [4.78, 5) is 13.0. The molecule has 3 aromatic rings. The van der Waals surface area contributed by atoms with Crippen LogP contribution < -0.4 is 14.8 Å². The first-order chi connectivity index (χ1) is 11.8. The van der Waals surface area contributed by atoms with E-state index in [4.69, 9.17) is 9.47 Å². The van der Waals surface area contributed by atoms with Crippen LogP contribution in [0, 0.1) is 0 Å². The van der Waals surface area contributed by atoms with Crippen LogP contribution >= 0.6 is 0 Å². The number of ether oxygens (including phenoxy) is 2. The minimum atomic E-state index is 0.351. The molecule has 0 spiro atoms. The van der Waals surface area contributed by atoms with Crippen molar-refractivity contribution in [1.29, 1.82) is 0 Å². The van der Waals surface area contributed by atoms with Crippen molar-refractivity contribution in [2.75, 3.05) is 19.5 Å². The Hall–Kier alpha value is -2.89. The highest BCUT2D eigenvalue weighted by atomic mass is 16.5. The number of methoxy groups -OCH3 is 2. The van der Waals surface area contributed by atoms with Crippen LogP contribution in [-0.4, -0.2) is 35.2 Å². The van der Waals surface area contributed by atoms with Gasteiger partial charge in [0.2, 0.25) is 0 Å². The summed E-state index contributed by atoms with van der Waals surface area (Å²) in [5.74, 6) is 2.66. The molecular weight excluding hydrogens is 304 g/mol. The molecule has 122 valence electrons. The van der Waals surface area contributed by atoms with E-state index in [0.717, 1.165) is 28.9 Å². The second-order valence-corrected chi connectivity index (χ2v) is 5.83. The molecule has 0 bridgehead atoms. The highest BCUT2D eigenvalue weighted by molar-refractivity contribution is 5.94. The van der Waals surface area contributed by atoms with E-state index in [1.807, 2.05) is 24.4 Å². The molecule has 0 radical (unpaired) electrons. The van der Waals surface area contributed by atoms with Gasteiger partial charge in [-0.25, -0.2) is 9.97 Å². The summed E-state index contributed by atoms with van der Waals surface area (Å²) in [5.41, 5.74) is 2.03. The number of nitrogens with zero attached hydrogens (tertiary/aromatic N) is 3. The van der Waals surface area contributed by atoms with E-state index < -0.39 is 0 Å².